The van der Waals surface area contributed by atoms with Crippen LogP contribution in [0.25, 0.3) is 0 Å². The molecule has 3 rings (SSSR count). The summed E-state index contributed by atoms with van der Waals surface area (Å²) in [6.07, 6.45) is 1.60. The topological polar surface area (TPSA) is 71.1 Å². The molecule has 5 nitrogen and oxygen atoms in total. The molecule has 19 heavy (non-hydrogen) atoms. The number of imide groups is 1. The van der Waals surface area contributed by atoms with Crippen LogP contribution in [-0.4, -0.2) is 16.9 Å². The summed E-state index contributed by atoms with van der Waals surface area (Å²) in [4.78, 5) is 28.0. The number of urea groups is 1. The minimum atomic E-state index is -1.25. The van der Waals surface area contributed by atoms with Gasteiger partial charge in [-0.05, 0) is 17.7 Å². The molecule has 94 valence electrons. The Hall–Kier alpha value is -2.69. The minimum absolute atomic E-state index is 0.414. The summed E-state index contributed by atoms with van der Waals surface area (Å²) < 4.78 is 0. The van der Waals surface area contributed by atoms with Crippen molar-refractivity contribution in [2.75, 3.05) is 0 Å². The summed E-state index contributed by atoms with van der Waals surface area (Å²) >= 11 is 0. The second-order valence-corrected chi connectivity index (χ2v) is 4.24. The second-order valence-electron chi connectivity index (χ2n) is 4.24. The van der Waals surface area contributed by atoms with E-state index in [4.69, 9.17) is 0 Å². The van der Waals surface area contributed by atoms with Gasteiger partial charge >= 0.3 is 6.03 Å². The number of carbonyl (C=O) groups excluding carboxylic acids is 2. The summed E-state index contributed by atoms with van der Waals surface area (Å²) in [5, 5.41) is 4.96. The number of carbonyl (C=O) groups is 2. The van der Waals surface area contributed by atoms with Crippen molar-refractivity contribution >= 4 is 11.9 Å². The van der Waals surface area contributed by atoms with Crippen molar-refractivity contribution in [3.05, 3.63) is 66.0 Å². The number of pyridine rings is 1. The first-order valence-electron chi connectivity index (χ1n) is 5.84. The van der Waals surface area contributed by atoms with Crippen LogP contribution in [0, 0.1) is 0 Å². The molecule has 0 saturated carbocycles. The second kappa shape index (κ2) is 4.20. The Morgan fingerprint density at radius 3 is 2.26 bits per heavy atom. The first-order valence-corrected chi connectivity index (χ1v) is 5.84. The fraction of sp³-hybridized carbons (Fsp3) is 0.0714. The number of benzene rings is 1. The molecule has 1 atom stereocenters. The van der Waals surface area contributed by atoms with Crippen LogP contribution in [0.15, 0.2) is 54.7 Å². The molecular weight excluding hydrogens is 242 g/mol. The Morgan fingerprint density at radius 1 is 0.947 bits per heavy atom. The summed E-state index contributed by atoms with van der Waals surface area (Å²) in [7, 11) is 0. The quantitative estimate of drug-likeness (QED) is 0.789. The van der Waals surface area contributed by atoms with Gasteiger partial charge in [-0.3, -0.25) is 15.1 Å². The molecule has 0 spiro atoms. The lowest BCUT2D eigenvalue weighted by Crippen LogP contribution is -2.45. The lowest BCUT2D eigenvalue weighted by Gasteiger charge is -2.25. The molecule has 1 aromatic carbocycles. The predicted octanol–water partition coefficient (Wildman–Crippen LogP) is 1.16. The third kappa shape index (κ3) is 1.67. The first kappa shape index (κ1) is 11.4. The van der Waals surface area contributed by atoms with Crippen LogP contribution in [0.2, 0.25) is 0 Å². The van der Waals surface area contributed by atoms with Crippen LogP contribution >= 0.6 is 0 Å². The van der Waals surface area contributed by atoms with E-state index in [0.29, 0.717) is 11.3 Å². The normalized spacial score (nSPS) is 21.9. The van der Waals surface area contributed by atoms with Gasteiger partial charge in [-0.1, -0.05) is 36.4 Å². The lowest BCUT2D eigenvalue weighted by molar-refractivity contribution is -0.123. The van der Waals surface area contributed by atoms with E-state index in [-0.39, 0.29) is 0 Å². The summed E-state index contributed by atoms with van der Waals surface area (Å²) in [5.74, 6) is -0.414. The van der Waals surface area contributed by atoms with Crippen LogP contribution < -0.4 is 10.6 Å². The number of hydrogen-bond acceptors (Lipinski definition) is 3. The minimum Gasteiger partial charge on any atom is -0.314 e. The highest BCUT2D eigenvalue weighted by atomic mass is 16.2. The molecule has 2 N–H and O–H groups in total. The number of aromatic nitrogens is 1. The molecule has 1 saturated heterocycles. The van der Waals surface area contributed by atoms with Gasteiger partial charge in [0.2, 0.25) is 0 Å². The standard InChI is InChI=1S/C14H11N3O2/c18-12-14(17-13(19)16-12,10-6-2-1-3-7-10)11-8-4-5-9-15-11/h1-9H,(H2,16,17,18,19)/t14-/m0/s1. The van der Waals surface area contributed by atoms with Crippen LogP contribution in [0.4, 0.5) is 4.79 Å². The molecule has 0 aliphatic carbocycles. The SMILES string of the molecule is O=C1NC(=O)[C@](c2ccccc2)(c2ccccn2)N1. The van der Waals surface area contributed by atoms with E-state index in [1.165, 1.54) is 0 Å². The highest BCUT2D eigenvalue weighted by molar-refractivity contribution is 6.09. The zero-order valence-corrected chi connectivity index (χ0v) is 9.96. The predicted molar refractivity (Wildman–Crippen MR) is 68.1 cm³/mol. The molecule has 0 bridgehead atoms. The summed E-state index contributed by atoms with van der Waals surface area (Å²) in [5.41, 5.74) is -0.0822. The molecule has 1 aromatic heterocycles. The van der Waals surface area contributed by atoms with Crippen molar-refractivity contribution in [2.24, 2.45) is 0 Å². The monoisotopic (exact) mass is 253 g/mol. The van der Waals surface area contributed by atoms with Crippen molar-refractivity contribution in [1.29, 1.82) is 0 Å². The van der Waals surface area contributed by atoms with Gasteiger partial charge in [0.15, 0.2) is 5.54 Å². The Kier molecular flexibility index (Phi) is 2.52. The van der Waals surface area contributed by atoms with Crippen LogP contribution in [0.1, 0.15) is 11.3 Å². The van der Waals surface area contributed by atoms with E-state index in [9.17, 15) is 9.59 Å². The van der Waals surface area contributed by atoms with Gasteiger partial charge in [0.25, 0.3) is 5.91 Å². The molecule has 1 fully saturated rings. The molecule has 1 aliphatic rings. The molecule has 2 aromatic rings. The fourth-order valence-electron chi connectivity index (χ4n) is 2.26. The van der Waals surface area contributed by atoms with Crippen molar-refractivity contribution in [3.63, 3.8) is 0 Å². The molecule has 3 amide bonds. The van der Waals surface area contributed by atoms with Crippen molar-refractivity contribution < 1.29 is 9.59 Å². The van der Waals surface area contributed by atoms with Crippen LogP contribution in [0.3, 0.4) is 0 Å². The van der Waals surface area contributed by atoms with E-state index in [2.05, 4.69) is 15.6 Å². The number of rotatable bonds is 2. The average molecular weight is 253 g/mol. The molecule has 0 radical (unpaired) electrons. The zero-order valence-electron chi connectivity index (χ0n) is 9.96. The van der Waals surface area contributed by atoms with Gasteiger partial charge in [0, 0.05) is 6.20 Å². The van der Waals surface area contributed by atoms with Gasteiger partial charge in [-0.25, -0.2) is 4.79 Å². The Balaban J connectivity index is 2.23. The third-order valence-electron chi connectivity index (χ3n) is 3.12. The maximum atomic E-state index is 12.3. The van der Waals surface area contributed by atoms with Crippen molar-refractivity contribution in [1.82, 2.24) is 15.6 Å². The molecule has 0 unspecified atom stereocenters. The van der Waals surface area contributed by atoms with E-state index in [1.807, 2.05) is 18.2 Å². The fourth-order valence-corrected chi connectivity index (χ4v) is 2.26. The van der Waals surface area contributed by atoms with Gasteiger partial charge < -0.3 is 5.32 Å². The van der Waals surface area contributed by atoms with E-state index in [1.54, 1.807) is 36.5 Å². The van der Waals surface area contributed by atoms with E-state index >= 15 is 0 Å². The highest BCUT2D eigenvalue weighted by Crippen LogP contribution is 2.30. The smallest absolute Gasteiger partial charge is 0.314 e. The molecule has 1 aliphatic heterocycles. The number of amides is 3. The molecule has 5 heteroatoms. The third-order valence-corrected chi connectivity index (χ3v) is 3.12. The number of hydrogen-bond donors (Lipinski definition) is 2. The van der Waals surface area contributed by atoms with Gasteiger partial charge in [0.05, 0.1) is 5.69 Å². The largest absolute Gasteiger partial charge is 0.322 e. The lowest BCUT2D eigenvalue weighted by atomic mass is 9.86. The Labute approximate surface area is 109 Å². The number of nitrogens with zero attached hydrogens (tertiary/aromatic N) is 1. The van der Waals surface area contributed by atoms with Gasteiger partial charge in [-0.2, -0.15) is 0 Å². The average Bonchev–Trinajstić information content (AvgIpc) is 2.76. The maximum Gasteiger partial charge on any atom is 0.322 e. The van der Waals surface area contributed by atoms with Gasteiger partial charge in [0.1, 0.15) is 0 Å². The van der Waals surface area contributed by atoms with E-state index in [0.717, 1.165) is 0 Å². The Bertz CT molecular complexity index is 586. The van der Waals surface area contributed by atoms with Crippen molar-refractivity contribution in [2.45, 2.75) is 5.54 Å². The number of nitrogens with one attached hydrogen (secondary N) is 2. The maximum absolute atomic E-state index is 12.3. The Morgan fingerprint density at radius 2 is 1.68 bits per heavy atom. The summed E-state index contributed by atoms with van der Waals surface area (Å²) in [6.45, 7) is 0. The van der Waals surface area contributed by atoms with E-state index < -0.39 is 17.5 Å². The first-order chi connectivity index (χ1) is 9.23. The summed E-state index contributed by atoms with van der Waals surface area (Å²) in [6, 6.07) is 13.8. The van der Waals surface area contributed by atoms with Crippen LogP contribution in [-0.2, 0) is 10.3 Å². The zero-order chi connectivity index (χ0) is 13.3. The van der Waals surface area contributed by atoms with Gasteiger partial charge in [-0.15, -0.1) is 0 Å². The highest BCUT2D eigenvalue weighted by Gasteiger charge is 2.50. The van der Waals surface area contributed by atoms with Crippen LogP contribution in [0.5, 0.6) is 0 Å². The van der Waals surface area contributed by atoms with Crippen molar-refractivity contribution in [3.8, 4) is 0 Å². The molecular formula is C14H11N3O2. The molecule has 2 heterocycles.